The van der Waals surface area contributed by atoms with Crippen LogP contribution in [0.3, 0.4) is 0 Å². The molecule has 0 aliphatic carbocycles. The van der Waals surface area contributed by atoms with Crippen molar-refractivity contribution in [3.8, 4) is 0 Å². The molecule has 0 atom stereocenters. The van der Waals surface area contributed by atoms with Crippen molar-refractivity contribution < 1.29 is 9.85 Å². The summed E-state index contributed by atoms with van der Waals surface area (Å²) < 4.78 is 0. The molecule has 1 rings (SSSR count). The number of hydrogen-bond acceptors (Lipinski definition) is 5. The second kappa shape index (κ2) is 5.97. The van der Waals surface area contributed by atoms with Crippen LogP contribution >= 0.6 is 0 Å². The molecule has 0 aromatic carbocycles. The van der Waals surface area contributed by atoms with Gasteiger partial charge in [-0.2, -0.15) is 0 Å². The maximum absolute atomic E-state index is 10.8. The second-order valence-corrected chi connectivity index (χ2v) is 3.96. The summed E-state index contributed by atoms with van der Waals surface area (Å²) in [5.74, 6) is 0. The summed E-state index contributed by atoms with van der Waals surface area (Å²) in [7, 11) is 0. The summed E-state index contributed by atoms with van der Waals surface area (Å²) in [6, 6.07) is 0. The predicted octanol–water partition coefficient (Wildman–Crippen LogP) is 1.42. The minimum atomic E-state index is -0.615. The van der Waals surface area contributed by atoms with E-state index in [1.54, 1.807) is 0 Å². The molecular formula is C10H15N3O4. The normalized spacial score (nSPS) is 16.7. The van der Waals surface area contributed by atoms with Crippen LogP contribution in [0.1, 0.15) is 19.3 Å². The lowest BCUT2D eigenvalue weighted by molar-refractivity contribution is -0.477. The molecule has 1 fully saturated rings. The lowest BCUT2D eigenvalue weighted by atomic mass is 10.1. The first-order valence-electron chi connectivity index (χ1n) is 5.41. The van der Waals surface area contributed by atoms with Gasteiger partial charge >= 0.3 is 0 Å². The average molecular weight is 241 g/mol. The van der Waals surface area contributed by atoms with Gasteiger partial charge in [0.1, 0.15) is 0 Å². The first-order chi connectivity index (χ1) is 8.00. The summed E-state index contributed by atoms with van der Waals surface area (Å²) in [6.45, 7) is 4.31. The van der Waals surface area contributed by atoms with E-state index >= 15 is 0 Å². The molecule has 7 nitrogen and oxygen atoms in total. The SMILES string of the molecule is C=C(C[N+](=O)[O-])/C(=C\N1CCCCC1)[N+](=O)[O-]. The molecule has 0 unspecified atom stereocenters. The second-order valence-electron chi connectivity index (χ2n) is 3.96. The monoisotopic (exact) mass is 241 g/mol. The van der Waals surface area contributed by atoms with Crippen molar-refractivity contribution in [3.05, 3.63) is 44.3 Å². The quantitative estimate of drug-likeness (QED) is 0.412. The van der Waals surface area contributed by atoms with Crippen LogP contribution < -0.4 is 0 Å². The Morgan fingerprint density at radius 2 is 1.82 bits per heavy atom. The molecule has 0 aromatic heterocycles. The summed E-state index contributed by atoms with van der Waals surface area (Å²) in [5.41, 5.74) is -0.325. The first-order valence-corrected chi connectivity index (χ1v) is 5.41. The highest BCUT2D eigenvalue weighted by atomic mass is 16.6. The molecule has 0 aromatic rings. The van der Waals surface area contributed by atoms with Crippen LogP contribution in [0.4, 0.5) is 0 Å². The zero-order valence-electron chi connectivity index (χ0n) is 9.50. The van der Waals surface area contributed by atoms with Crippen LogP contribution in [0.15, 0.2) is 24.0 Å². The summed E-state index contributed by atoms with van der Waals surface area (Å²) >= 11 is 0. The highest BCUT2D eigenvalue weighted by Gasteiger charge is 2.22. The Morgan fingerprint density at radius 3 is 2.29 bits per heavy atom. The van der Waals surface area contributed by atoms with E-state index in [4.69, 9.17) is 0 Å². The van der Waals surface area contributed by atoms with Gasteiger partial charge in [-0.15, -0.1) is 0 Å². The van der Waals surface area contributed by atoms with Crippen LogP contribution in [0.25, 0.3) is 0 Å². The van der Waals surface area contributed by atoms with Crippen molar-refractivity contribution in [1.29, 1.82) is 0 Å². The molecule has 0 bridgehead atoms. The molecule has 1 aliphatic rings. The molecule has 1 heterocycles. The Balaban J connectivity index is 2.76. The number of likely N-dealkylation sites (tertiary alicyclic amines) is 1. The van der Waals surface area contributed by atoms with Gasteiger partial charge in [-0.25, -0.2) is 0 Å². The number of nitro groups is 2. The molecule has 94 valence electrons. The Bertz CT molecular complexity index is 359. The van der Waals surface area contributed by atoms with Crippen molar-refractivity contribution in [3.63, 3.8) is 0 Å². The van der Waals surface area contributed by atoms with E-state index in [1.165, 1.54) is 6.20 Å². The molecule has 17 heavy (non-hydrogen) atoms. The third kappa shape index (κ3) is 4.21. The maximum atomic E-state index is 10.8. The summed E-state index contributed by atoms with van der Waals surface area (Å²) in [6.07, 6.45) is 4.48. The van der Waals surface area contributed by atoms with Gasteiger partial charge in [-0.1, -0.05) is 6.58 Å². The van der Waals surface area contributed by atoms with Gasteiger partial charge in [-0.05, 0) is 19.3 Å². The van der Waals surface area contributed by atoms with E-state index < -0.39 is 16.4 Å². The predicted molar refractivity (Wildman–Crippen MR) is 61.5 cm³/mol. The zero-order valence-corrected chi connectivity index (χ0v) is 9.50. The fourth-order valence-corrected chi connectivity index (χ4v) is 1.72. The van der Waals surface area contributed by atoms with Crippen molar-refractivity contribution in [1.82, 2.24) is 4.90 Å². The highest BCUT2D eigenvalue weighted by Crippen LogP contribution is 2.14. The molecule has 1 aliphatic heterocycles. The Kier molecular flexibility index (Phi) is 4.62. The van der Waals surface area contributed by atoms with Crippen molar-refractivity contribution in [2.45, 2.75) is 19.3 Å². The Morgan fingerprint density at radius 1 is 1.24 bits per heavy atom. The van der Waals surface area contributed by atoms with Crippen LogP contribution in [0, 0.1) is 20.2 Å². The van der Waals surface area contributed by atoms with E-state index in [1.807, 2.05) is 4.90 Å². The van der Waals surface area contributed by atoms with E-state index in [9.17, 15) is 20.2 Å². The number of rotatable bonds is 5. The molecule has 7 heteroatoms. The van der Waals surface area contributed by atoms with E-state index in [0.29, 0.717) is 0 Å². The topological polar surface area (TPSA) is 89.5 Å². The molecule has 0 spiro atoms. The largest absolute Gasteiger partial charge is 0.372 e. The molecule has 1 saturated heterocycles. The smallest absolute Gasteiger partial charge is 0.294 e. The first kappa shape index (κ1) is 13.1. The highest BCUT2D eigenvalue weighted by molar-refractivity contribution is 5.21. The van der Waals surface area contributed by atoms with Gasteiger partial charge in [0.15, 0.2) is 0 Å². The van der Waals surface area contributed by atoms with Crippen molar-refractivity contribution in [2.75, 3.05) is 19.6 Å². The Labute approximate surface area is 98.7 Å². The number of nitrogens with zero attached hydrogens (tertiary/aromatic N) is 3. The zero-order chi connectivity index (χ0) is 12.8. The lowest BCUT2D eigenvalue weighted by Gasteiger charge is -2.24. The maximum Gasteiger partial charge on any atom is 0.294 e. The van der Waals surface area contributed by atoms with E-state index in [0.717, 1.165) is 32.4 Å². The molecule has 0 saturated carbocycles. The molecule has 0 radical (unpaired) electrons. The average Bonchev–Trinajstić information content (AvgIpc) is 2.25. The van der Waals surface area contributed by atoms with Crippen LogP contribution in [-0.4, -0.2) is 34.4 Å². The molecular weight excluding hydrogens is 226 g/mol. The lowest BCUT2D eigenvalue weighted by Crippen LogP contribution is -2.26. The van der Waals surface area contributed by atoms with Crippen LogP contribution in [-0.2, 0) is 0 Å². The van der Waals surface area contributed by atoms with Gasteiger partial charge in [0.2, 0.25) is 6.54 Å². The van der Waals surface area contributed by atoms with Gasteiger partial charge in [0.05, 0.1) is 16.7 Å². The van der Waals surface area contributed by atoms with Crippen molar-refractivity contribution >= 4 is 0 Å². The van der Waals surface area contributed by atoms with Crippen molar-refractivity contribution in [2.24, 2.45) is 0 Å². The third-order valence-corrected chi connectivity index (χ3v) is 2.57. The van der Waals surface area contributed by atoms with Gasteiger partial charge in [-0.3, -0.25) is 20.2 Å². The molecule has 0 N–H and O–H groups in total. The van der Waals surface area contributed by atoms with Gasteiger partial charge in [0, 0.05) is 18.0 Å². The Hall–Kier alpha value is -1.92. The van der Waals surface area contributed by atoms with Crippen LogP contribution in [0.2, 0.25) is 0 Å². The summed E-state index contributed by atoms with van der Waals surface area (Å²) in [4.78, 5) is 21.7. The third-order valence-electron chi connectivity index (χ3n) is 2.57. The minimum Gasteiger partial charge on any atom is -0.372 e. The van der Waals surface area contributed by atoms with E-state index in [2.05, 4.69) is 6.58 Å². The van der Waals surface area contributed by atoms with Gasteiger partial charge < -0.3 is 4.90 Å². The van der Waals surface area contributed by atoms with Crippen LogP contribution in [0.5, 0.6) is 0 Å². The molecule has 0 amide bonds. The number of piperidine rings is 1. The summed E-state index contributed by atoms with van der Waals surface area (Å²) in [5, 5.41) is 21.1. The van der Waals surface area contributed by atoms with E-state index in [-0.39, 0.29) is 11.3 Å². The van der Waals surface area contributed by atoms with Gasteiger partial charge in [0.25, 0.3) is 5.70 Å². The number of hydrogen-bond donors (Lipinski definition) is 0. The fraction of sp³-hybridized carbons (Fsp3) is 0.600. The standard InChI is InChI=1S/C10H15N3O4/c1-9(7-12(14)15)10(13(16)17)8-11-5-3-2-4-6-11/h8H,1-7H2/b10-8+. The minimum absolute atomic E-state index is 0.0643. The fourth-order valence-electron chi connectivity index (χ4n) is 1.72.